The maximum absolute atomic E-state index is 13.8. The molecule has 1 aromatic carbocycles. The summed E-state index contributed by atoms with van der Waals surface area (Å²) >= 11 is 0. The van der Waals surface area contributed by atoms with Crippen molar-refractivity contribution in [1.29, 1.82) is 5.26 Å². The zero-order valence-electron chi connectivity index (χ0n) is 11.1. The van der Waals surface area contributed by atoms with Crippen LogP contribution in [0.15, 0.2) is 12.1 Å². The fraction of sp³-hybridized carbons (Fsp3) is 0.385. The molecule has 4 nitrogen and oxygen atoms in total. The van der Waals surface area contributed by atoms with Gasteiger partial charge in [0.15, 0.2) is 17.4 Å². The smallest absolute Gasteiger partial charge is 0.246 e. The van der Waals surface area contributed by atoms with E-state index in [0.717, 1.165) is 17.0 Å². The van der Waals surface area contributed by atoms with Gasteiger partial charge in [0.2, 0.25) is 5.91 Å². The standard InChI is InChI=1S/C13H14F2N2O2/c1-13(2,7-16)12(18)17(3)10-5-9(15)11(19-4)6-8(10)14/h5-6H,1-4H3. The number of methoxy groups -OCH3 is 1. The summed E-state index contributed by atoms with van der Waals surface area (Å²) in [5.41, 5.74) is -1.57. The summed E-state index contributed by atoms with van der Waals surface area (Å²) in [5, 5.41) is 8.88. The molecule has 102 valence electrons. The topological polar surface area (TPSA) is 53.3 Å². The molecule has 0 bridgehead atoms. The third-order valence-corrected chi connectivity index (χ3v) is 2.70. The molecule has 0 saturated carbocycles. The van der Waals surface area contributed by atoms with Crippen molar-refractivity contribution >= 4 is 11.6 Å². The molecule has 1 aromatic rings. The monoisotopic (exact) mass is 268 g/mol. The van der Waals surface area contributed by atoms with E-state index in [-0.39, 0.29) is 11.4 Å². The second-order valence-corrected chi connectivity index (χ2v) is 4.54. The molecule has 0 N–H and O–H groups in total. The Morgan fingerprint density at radius 1 is 1.37 bits per heavy atom. The van der Waals surface area contributed by atoms with Crippen LogP contribution < -0.4 is 9.64 Å². The van der Waals surface area contributed by atoms with E-state index in [4.69, 9.17) is 5.26 Å². The van der Waals surface area contributed by atoms with Crippen molar-refractivity contribution in [3.8, 4) is 11.8 Å². The normalized spacial score (nSPS) is 10.8. The van der Waals surface area contributed by atoms with Crippen LogP contribution in [0.2, 0.25) is 0 Å². The lowest BCUT2D eigenvalue weighted by molar-refractivity contribution is -0.123. The molecule has 0 aliphatic rings. The van der Waals surface area contributed by atoms with Crippen LogP contribution in [0.25, 0.3) is 0 Å². The van der Waals surface area contributed by atoms with Gasteiger partial charge in [-0.1, -0.05) is 0 Å². The van der Waals surface area contributed by atoms with Crippen LogP contribution >= 0.6 is 0 Å². The number of nitriles is 1. The Kier molecular flexibility index (Phi) is 4.10. The van der Waals surface area contributed by atoms with Crippen LogP contribution in [0.5, 0.6) is 5.75 Å². The van der Waals surface area contributed by atoms with Gasteiger partial charge in [0, 0.05) is 19.2 Å². The number of nitrogens with zero attached hydrogens (tertiary/aromatic N) is 2. The van der Waals surface area contributed by atoms with Crippen molar-refractivity contribution in [3.63, 3.8) is 0 Å². The number of carbonyl (C=O) groups is 1. The van der Waals surface area contributed by atoms with Gasteiger partial charge in [-0.25, -0.2) is 8.78 Å². The zero-order chi connectivity index (χ0) is 14.8. The van der Waals surface area contributed by atoms with E-state index in [2.05, 4.69) is 4.74 Å². The van der Waals surface area contributed by atoms with E-state index in [0.29, 0.717) is 0 Å². The summed E-state index contributed by atoms with van der Waals surface area (Å²) in [6.45, 7) is 2.81. The lowest BCUT2D eigenvalue weighted by Crippen LogP contribution is -2.38. The van der Waals surface area contributed by atoms with E-state index >= 15 is 0 Å². The Hall–Kier alpha value is -2.16. The first-order valence-corrected chi connectivity index (χ1v) is 5.47. The summed E-state index contributed by atoms with van der Waals surface area (Å²) in [7, 11) is 2.50. The molecule has 1 rings (SSSR count). The molecule has 0 radical (unpaired) electrons. The van der Waals surface area contributed by atoms with Crippen molar-refractivity contribution in [3.05, 3.63) is 23.8 Å². The Morgan fingerprint density at radius 3 is 2.42 bits per heavy atom. The first kappa shape index (κ1) is 14.9. The molecule has 0 aromatic heterocycles. The molecule has 0 atom stereocenters. The van der Waals surface area contributed by atoms with Gasteiger partial charge in [-0.05, 0) is 13.8 Å². The van der Waals surface area contributed by atoms with Gasteiger partial charge >= 0.3 is 0 Å². The van der Waals surface area contributed by atoms with Crippen LogP contribution in [-0.2, 0) is 4.79 Å². The van der Waals surface area contributed by atoms with E-state index in [1.165, 1.54) is 28.0 Å². The van der Waals surface area contributed by atoms with Gasteiger partial charge in [0.05, 0.1) is 18.9 Å². The van der Waals surface area contributed by atoms with Crippen molar-refractivity contribution in [1.82, 2.24) is 0 Å². The van der Waals surface area contributed by atoms with Crippen molar-refractivity contribution in [2.45, 2.75) is 13.8 Å². The van der Waals surface area contributed by atoms with Gasteiger partial charge < -0.3 is 9.64 Å². The van der Waals surface area contributed by atoms with Gasteiger partial charge in [-0.2, -0.15) is 5.26 Å². The molecule has 0 unspecified atom stereocenters. The zero-order valence-corrected chi connectivity index (χ0v) is 11.1. The highest BCUT2D eigenvalue weighted by molar-refractivity contribution is 5.98. The minimum absolute atomic E-state index is 0.244. The molecule has 6 heteroatoms. The average molecular weight is 268 g/mol. The highest BCUT2D eigenvalue weighted by Gasteiger charge is 2.32. The minimum atomic E-state index is -1.32. The molecular weight excluding hydrogens is 254 g/mol. The third-order valence-electron chi connectivity index (χ3n) is 2.70. The van der Waals surface area contributed by atoms with E-state index in [9.17, 15) is 13.6 Å². The summed E-state index contributed by atoms with van der Waals surface area (Å²) in [6.07, 6.45) is 0. The summed E-state index contributed by atoms with van der Waals surface area (Å²) in [6, 6.07) is 3.53. The van der Waals surface area contributed by atoms with Gasteiger partial charge in [0.25, 0.3) is 0 Å². The fourth-order valence-corrected chi connectivity index (χ4v) is 1.51. The molecule has 0 spiro atoms. The number of ether oxygens (including phenoxy) is 1. The predicted molar refractivity (Wildman–Crippen MR) is 65.7 cm³/mol. The molecule has 0 aliphatic carbocycles. The minimum Gasteiger partial charge on any atom is -0.494 e. The van der Waals surface area contributed by atoms with Crippen LogP contribution in [0.1, 0.15) is 13.8 Å². The molecule has 0 aliphatic heterocycles. The Balaban J connectivity index is 3.22. The lowest BCUT2D eigenvalue weighted by Gasteiger charge is -2.24. The van der Waals surface area contributed by atoms with Crippen LogP contribution in [0.3, 0.4) is 0 Å². The third kappa shape index (κ3) is 2.81. The maximum Gasteiger partial charge on any atom is 0.246 e. The Morgan fingerprint density at radius 2 is 1.95 bits per heavy atom. The Labute approximate surface area is 110 Å². The number of benzene rings is 1. The molecule has 0 heterocycles. The average Bonchev–Trinajstić information content (AvgIpc) is 2.39. The second-order valence-electron chi connectivity index (χ2n) is 4.54. The van der Waals surface area contributed by atoms with E-state index in [1.54, 1.807) is 0 Å². The number of halogens is 2. The van der Waals surface area contributed by atoms with Gasteiger partial charge in [-0.15, -0.1) is 0 Å². The lowest BCUT2D eigenvalue weighted by atomic mass is 9.94. The maximum atomic E-state index is 13.8. The molecule has 1 amide bonds. The van der Waals surface area contributed by atoms with Crippen LogP contribution in [0, 0.1) is 28.4 Å². The number of anilines is 1. The van der Waals surface area contributed by atoms with E-state index in [1.807, 2.05) is 6.07 Å². The van der Waals surface area contributed by atoms with Crippen LogP contribution in [-0.4, -0.2) is 20.1 Å². The van der Waals surface area contributed by atoms with E-state index < -0.39 is 23.0 Å². The predicted octanol–water partition coefficient (Wildman–Crippen LogP) is 2.49. The van der Waals surface area contributed by atoms with Crippen molar-refractivity contribution < 1.29 is 18.3 Å². The number of hydrogen-bond acceptors (Lipinski definition) is 3. The van der Waals surface area contributed by atoms with Gasteiger partial charge in [-0.3, -0.25) is 4.79 Å². The molecule has 0 fully saturated rings. The van der Waals surface area contributed by atoms with Crippen molar-refractivity contribution in [2.75, 3.05) is 19.1 Å². The first-order chi connectivity index (χ1) is 8.74. The SMILES string of the molecule is COc1cc(F)c(N(C)C(=O)C(C)(C)C#N)cc1F. The fourth-order valence-electron chi connectivity index (χ4n) is 1.51. The summed E-state index contributed by atoms with van der Waals surface area (Å²) in [4.78, 5) is 12.9. The van der Waals surface area contributed by atoms with Crippen molar-refractivity contribution in [2.24, 2.45) is 5.41 Å². The Bertz CT molecular complexity index is 550. The first-order valence-electron chi connectivity index (χ1n) is 5.47. The molecule has 19 heavy (non-hydrogen) atoms. The second kappa shape index (κ2) is 5.22. The highest BCUT2D eigenvalue weighted by Crippen LogP contribution is 2.29. The molecular formula is C13H14F2N2O2. The quantitative estimate of drug-likeness (QED) is 0.846. The van der Waals surface area contributed by atoms with Crippen LogP contribution in [0.4, 0.5) is 14.5 Å². The largest absolute Gasteiger partial charge is 0.494 e. The molecule has 0 saturated heterocycles. The summed E-state index contributed by atoms with van der Waals surface area (Å²) < 4.78 is 32.0. The number of hydrogen-bond donors (Lipinski definition) is 0. The number of rotatable bonds is 3. The summed E-state index contributed by atoms with van der Waals surface area (Å²) in [5.74, 6) is -2.46. The number of amides is 1. The number of carbonyl (C=O) groups excluding carboxylic acids is 1. The highest BCUT2D eigenvalue weighted by atomic mass is 19.1. The van der Waals surface area contributed by atoms with Gasteiger partial charge in [0.1, 0.15) is 5.41 Å².